The van der Waals surface area contributed by atoms with Gasteiger partial charge in [0.25, 0.3) is 5.91 Å². The Balaban J connectivity index is 1.60. The number of carbonyl (C=O) groups is 2. The number of hydrogen-bond donors (Lipinski definition) is 2. The minimum absolute atomic E-state index is 0.176. The zero-order valence-electron chi connectivity index (χ0n) is 14.1. The quantitative estimate of drug-likeness (QED) is 0.698. The summed E-state index contributed by atoms with van der Waals surface area (Å²) in [6.45, 7) is 0. The third-order valence-electron chi connectivity index (χ3n) is 3.52. The second kappa shape index (κ2) is 8.26. The molecule has 0 spiro atoms. The van der Waals surface area contributed by atoms with Gasteiger partial charge in [0.1, 0.15) is 11.4 Å². The van der Waals surface area contributed by atoms with Crippen LogP contribution < -0.4 is 15.4 Å². The van der Waals surface area contributed by atoms with Gasteiger partial charge >= 0.3 is 0 Å². The fourth-order valence-corrected chi connectivity index (χ4v) is 2.98. The van der Waals surface area contributed by atoms with Crippen molar-refractivity contribution in [1.82, 2.24) is 4.98 Å². The van der Waals surface area contributed by atoms with Gasteiger partial charge < -0.3 is 15.4 Å². The summed E-state index contributed by atoms with van der Waals surface area (Å²) >= 11 is 1.21. The Kier molecular flexibility index (Phi) is 5.60. The smallest absolute Gasteiger partial charge is 0.275 e. The predicted octanol–water partition coefficient (Wildman–Crippen LogP) is 3.59. The van der Waals surface area contributed by atoms with Crippen molar-refractivity contribution < 1.29 is 14.3 Å². The molecule has 1 aromatic heterocycles. The molecule has 0 radical (unpaired) electrons. The number of ether oxygens (including phenoxy) is 1. The van der Waals surface area contributed by atoms with E-state index in [0.717, 1.165) is 5.56 Å². The maximum Gasteiger partial charge on any atom is 0.275 e. The van der Waals surface area contributed by atoms with Gasteiger partial charge in [0.2, 0.25) is 5.91 Å². The first-order valence-corrected chi connectivity index (χ1v) is 8.77. The Morgan fingerprint density at radius 2 is 1.88 bits per heavy atom. The van der Waals surface area contributed by atoms with Crippen molar-refractivity contribution in [2.45, 2.75) is 6.42 Å². The molecule has 2 N–H and O–H groups in total. The number of amides is 2. The first kappa shape index (κ1) is 17.6. The number of aromatic nitrogens is 1. The Morgan fingerprint density at radius 3 is 2.65 bits per heavy atom. The summed E-state index contributed by atoms with van der Waals surface area (Å²) in [6, 6.07) is 16.5. The standard InChI is InChI=1S/C19H17N3O3S/c1-25-15-9-5-8-14(11-15)20-18(24)16-12-26-19(21-16)22-17(23)10-13-6-3-2-4-7-13/h2-9,11-12H,10H2,1H3,(H,20,24)(H,21,22,23). The van der Waals surface area contributed by atoms with Crippen LogP contribution in [0.15, 0.2) is 60.0 Å². The number of hydrogen-bond acceptors (Lipinski definition) is 5. The molecule has 0 fully saturated rings. The molecule has 0 bridgehead atoms. The number of nitrogens with one attached hydrogen (secondary N) is 2. The summed E-state index contributed by atoms with van der Waals surface area (Å²) in [4.78, 5) is 28.5. The van der Waals surface area contributed by atoms with Gasteiger partial charge in [-0.05, 0) is 17.7 Å². The monoisotopic (exact) mass is 367 g/mol. The lowest BCUT2D eigenvalue weighted by Gasteiger charge is -2.05. The molecule has 0 saturated carbocycles. The number of nitrogens with zero attached hydrogens (tertiary/aromatic N) is 1. The van der Waals surface area contributed by atoms with Crippen molar-refractivity contribution >= 4 is 34.0 Å². The summed E-state index contributed by atoms with van der Waals surface area (Å²) in [5.74, 6) is 0.123. The topological polar surface area (TPSA) is 80.3 Å². The van der Waals surface area contributed by atoms with Crippen molar-refractivity contribution in [3.05, 3.63) is 71.2 Å². The number of thiazole rings is 1. The third kappa shape index (κ3) is 4.67. The van der Waals surface area contributed by atoms with Gasteiger partial charge in [0.15, 0.2) is 5.13 Å². The van der Waals surface area contributed by atoms with Crippen molar-refractivity contribution in [3.63, 3.8) is 0 Å². The number of methoxy groups -OCH3 is 1. The van der Waals surface area contributed by atoms with Gasteiger partial charge in [-0.25, -0.2) is 4.98 Å². The van der Waals surface area contributed by atoms with E-state index in [1.54, 1.807) is 36.8 Å². The normalized spacial score (nSPS) is 10.2. The van der Waals surface area contributed by atoms with Crippen LogP contribution in [0.3, 0.4) is 0 Å². The van der Waals surface area contributed by atoms with Gasteiger partial charge in [0.05, 0.1) is 13.5 Å². The van der Waals surface area contributed by atoms with E-state index in [1.807, 2.05) is 30.3 Å². The van der Waals surface area contributed by atoms with Crippen molar-refractivity contribution in [1.29, 1.82) is 0 Å². The van der Waals surface area contributed by atoms with Crippen LogP contribution >= 0.6 is 11.3 Å². The fraction of sp³-hybridized carbons (Fsp3) is 0.105. The molecule has 7 heteroatoms. The average molecular weight is 367 g/mol. The number of anilines is 2. The largest absolute Gasteiger partial charge is 0.497 e. The molecule has 132 valence electrons. The van der Waals surface area contributed by atoms with Gasteiger partial charge in [-0.1, -0.05) is 36.4 Å². The van der Waals surface area contributed by atoms with E-state index in [1.165, 1.54) is 11.3 Å². The van der Waals surface area contributed by atoms with Gasteiger partial charge in [-0.2, -0.15) is 0 Å². The molecule has 0 saturated heterocycles. The van der Waals surface area contributed by atoms with E-state index in [2.05, 4.69) is 15.6 Å². The second-order valence-electron chi connectivity index (χ2n) is 5.43. The Bertz CT molecular complexity index is 909. The highest BCUT2D eigenvalue weighted by atomic mass is 32.1. The Hall–Kier alpha value is -3.19. The van der Waals surface area contributed by atoms with Crippen LogP contribution in [0, 0.1) is 0 Å². The molecule has 0 unspecified atom stereocenters. The summed E-state index contributed by atoms with van der Waals surface area (Å²) in [5, 5.41) is 7.46. The van der Waals surface area contributed by atoms with Crippen molar-refractivity contribution in [2.24, 2.45) is 0 Å². The average Bonchev–Trinajstić information content (AvgIpc) is 3.11. The highest BCUT2D eigenvalue weighted by Crippen LogP contribution is 2.20. The Labute approximate surface area is 154 Å². The molecule has 0 aliphatic heterocycles. The fourth-order valence-electron chi connectivity index (χ4n) is 2.28. The molecule has 1 heterocycles. The molecule has 3 rings (SSSR count). The van der Waals surface area contributed by atoms with E-state index in [-0.39, 0.29) is 23.9 Å². The lowest BCUT2D eigenvalue weighted by molar-refractivity contribution is -0.115. The minimum atomic E-state index is -0.349. The minimum Gasteiger partial charge on any atom is -0.497 e. The molecule has 2 aromatic carbocycles. The molecule has 2 amide bonds. The summed E-state index contributed by atoms with van der Waals surface area (Å²) in [5.41, 5.74) is 1.77. The van der Waals surface area contributed by atoms with Crippen LogP contribution in [0.4, 0.5) is 10.8 Å². The highest BCUT2D eigenvalue weighted by Gasteiger charge is 2.13. The third-order valence-corrected chi connectivity index (χ3v) is 4.28. The number of rotatable bonds is 6. The van der Waals surface area contributed by atoms with Crippen LogP contribution in [0.1, 0.15) is 16.1 Å². The van der Waals surface area contributed by atoms with Crippen LogP contribution in [-0.2, 0) is 11.2 Å². The molecule has 0 aliphatic carbocycles. The first-order chi connectivity index (χ1) is 12.6. The second-order valence-corrected chi connectivity index (χ2v) is 6.29. The van der Waals surface area contributed by atoms with E-state index >= 15 is 0 Å². The SMILES string of the molecule is COc1cccc(NC(=O)c2csc(NC(=O)Cc3ccccc3)n2)c1. The predicted molar refractivity (Wildman–Crippen MR) is 102 cm³/mol. The Morgan fingerprint density at radius 1 is 1.08 bits per heavy atom. The zero-order valence-corrected chi connectivity index (χ0v) is 14.9. The number of benzene rings is 2. The number of carbonyl (C=O) groups excluding carboxylic acids is 2. The summed E-state index contributed by atoms with van der Waals surface area (Å²) in [7, 11) is 1.56. The lowest BCUT2D eigenvalue weighted by Crippen LogP contribution is -2.15. The van der Waals surface area contributed by atoms with E-state index in [4.69, 9.17) is 4.74 Å². The lowest BCUT2D eigenvalue weighted by atomic mass is 10.1. The molecule has 3 aromatic rings. The molecule has 26 heavy (non-hydrogen) atoms. The summed E-state index contributed by atoms with van der Waals surface area (Å²) in [6.07, 6.45) is 0.256. The van der Waals surface area contributed by atoms with Crippen molar-refractivity contribution in [3.8, 4) is 5.75 Å². The van der Waals surface area contributed by atoms with Crippen molar-refractivity contribution in [2.75, 3.05) is 17.7 Å². The van der Waals surface area contributed by atoms with Crippen LogP contribution in [0.2, 0.25) is 0 Å². The maximum atomic E-state index is 12.3. The maximum absolute atomic E-state index is 12.3. The molecule has 0 atom stereocenters. The van der Waals surface area contributed by atoms with E-state index < -0.39 is 0 Å². The molecule has 6 nitrogen and oxygen atoms in total. The zero-order chi connectivity index (χ0) is 18.4. The van der Waals surface area contributed by atoms with Gasteiger partial charge in [-0.3, -0.25) is 9.59 Å². The van der Waals surface area contributed by atoms with Gasteiger partial charge in [0, 0.05) is 17.1 Å². The van der Waals surface area contributed by atoms with E-state index in [9.17, 15) is 9.59 Å². The highest BCUT2D eigenvalue weighted by molar-refractivity contribution is 7.14. The molecular formula is C19H17N3O3S. The first-order valence-electron chi connectivity index (χ1n) is 7.89. The van der Waals surface area contributed by atoms with Crippen LogP contribution in [0.25, 0.3) is 0 Å². The van der Waals surface area contributed by atoms with Crippen LogP contribution in [-0.4, -0.2) is 23.9 Å². The van der Waals surface area contributed by atoms with Gasteiger partial charge in [-0.15, -0.1) is 11.3 Å². The van der Waals surface area contributed by atoms with Crippen LogP contribution in [0.5, 0.6) is 5.75 Å². The van der Waals surface area contributed by atoms with E-state index in [0.29, 0.717) is 16.6 Å². The summed E-state index contributed by atoms with van der Waals surface area (Å²) < 4.78 is 5.13. The molecule has 0 aliphatic rings. The molecular weight excluding hydrogens is 350 g/mol.